The van der Waals surface area contributed by atoms with Crippen LogP contribution in [0.15, 0.2) is 24.3 Å². The van der Waals surface area contributed by atoms with Gasteiger partial charge in [-0.05, 0) is 30.7 Å². The number of nitrogens with one attached hydrogen (secondary N) is 1. The van der Waals surface area contributed by atoms with E-state index in [-0.39, 0.29) is 18.9 Å². The number of hydrogen-bond acceptors (Lipinski definition) is 4. The summed E-state index contributed by atoms with van der Waals surface area (Å²) in [7, 11) is -1.97. The van der Waals surface area contributed by atoms with Crippen molar-refractivity contribution in [3.8, 4) is 0 Å². The van der Waals surface area contributed by atoms with E-state index in [0.717, 1.165) is 10.6 Å². The number of carbonyl (C=O) groups excluding carboxylic acids is 1. The molecule has 0 aliphatic heterocycles. The second-order valence-electron chi connectivity index (χ2n) is 4.76. The van der Waals surface area contributed by atoms with Gasteiger partial charge >= 0.3 is 0 Å². The topological polar surface area (TPSA) is 75.7 Å². The molecule has 0 saturated carbocycles. The first-order chi connectivity index (χ1) is 10.3. The van der Waals surface area contributed by atoms with Crippen LogP contribution in [0.25, 0.3) is 0 Å². The highest BCUT2D eigenvalue weighted by Crippen LogP contribution is 2.18. The van der Waals surface area contributed by atoms with Gasteiger partial charge in [0.1, 0.15) is 5.82 Å². The zero-order valence-corrected chi connectivity index (χ0v) is 13.5. The van der Waals surface area contributed by atoms with E-state index in [4.69, 9.17) is 4.74 Å². The Morgan fingerprint density at radius 1 is 1.32 bits per heavy atom. The molecule has 0 aliphatic rings. The number of rotatable bonds is 9. The van der Waals surface area contributed by atoms with Crippen molar-refractivity contribution in [2.45, 2.75) is 12.8 Å². The van der Waals surface area contributed by atoms with Crippen LogP contribution >= 0.6 is 0 Å². The molecule has 1 aromatic carbocycles. The van der Waals surface area contributed by atoms with Crippen molar-refractivity contribution in [2.24, 2.45) is 0 Å². The van der Waals surface area contributed by atoms with Crippen molar-refractivity contribution >= 4 is 21.6 Å². The van der Waals surface area contributed by atoms with Gasteiger partial charge in [0.15, 0.2) is 0 Å². The minimum Gasteiger partial charge on any atom is -0.385 e. The molecule has 0 saturated heterocycles. The molecule has 0 radical (unpaired) electrons. The van der Waals surface area contributed by atoms with Gasteiger partial charge in [-0.15, -0.1) is 0 Å². The Morgan fingerprint density at radius 2 is 1.95 bits per heavy atom. The molecule has 0 fully saturated rings. The lowest BCUT2D eigenvalue weighted by molar-refractivity contribution is -0.120. The maximum atomic E-state index is 12.9. The monoisotopic (exact) mass is 332 g/mol. The average molecular weight is 332 g/mol. The largest absolute Gasteiger partial charge is 0.385 e. The Kier molecular flexibility index (Phi) is 7.26. The van der Waals surface area contributed by atoms with Crippen LogP contribution in [0.3, 0.4) is 0 Å². The standard InChI is InChI=1S/C14H21FN2O4S/c1-21-11-3-9-16-14(18)8-10-17(22(2,19)20)13-6-4-12(15)5-7-13/h4-7H,3,8-11H2,1-2H3,(H,16,18). The Bertz CT molecular complexity index is 575. The first-order valence-corrected chi connectivity index (χ1v) is 8.68. The second kappa shape index (κ2) is 8.70. The molecule has 22 heavy (non-hydrogen) atoms. The van der Waals surface area contributed by atoms with Crippen LogP contribution in [0.1, 0.15) is 12.8 Å². The summed E-state index contributed by atoms with van der Waals surface area (Å²) in [4.78, 5) is 11.7. The molecule has 0 spiro atoms. The lowest BCUT2D eigenvalue weighted by Crippen LogP contribution is -2.35. The molecule has 1 rings (SSSR count). The van der Waals surface area contributed by atoms with E-state index in [2.05, 4.69) is 5.32 Å². The van der Waals surface area contributed by atoms with Gasteiger partial charge in [-0.25, -0.2) is 12.8 Å². The lowest BCUT2D eigenvalue weighted by Gasteiger charge is -2.22. The molecular weight excluding hydrogens is 311 g/mol. The van der Waals surface area contributed by atoms with Crippen LogP contribution in [0, 0.1) is 5.82 Å². The normalized spacial score (nSPS) is 11.2. The van der Waals surface area contributed by atoms with Crippen LogP contribution in [0.4, 0.5) is 10.1 Å². The fourth-order valence-corrected chi connectivity index (χ4v) is 2.76. The third-order valence-electron chi connectivity index (χ3n) is 2.90. The average Bonchev–Trinajstić information content (AvgIpc) is 2.44. The van der Waals surface area contributed by atoms with E-state index in [1.165, 1.54) is 24.3 Å². The Hall–Kier alpha value is -1.67. The summed E-state index contributed by atoms with van der Waals surface area (Å²) >= 11 is 0. The van der Waals surface area contributed by atoms with Crippen molar-refractivity contribution in [3.63, 3.8) is 0 Å². The third kappa shape index (κ3) is 6.40. The SMILES string of the molecule is COCCCNC(=O)CCN(c1ccc(F)cc1)S(C)(=O)=O. The van der Waals surface area contributed by atoms with E-state index in [1.54, 1.807) is 7.11 Å². The molecule has 124 valence electrons. The number of sulfonamides is 1. The molecule has 0 bridgehead atoms. The number of amides is 1. The second-order valence-corrected chi connectivity index (χ2v) is 6.66. The zero-order valence-electron chi connectivity index (χ0n) is 12.7. The molecule has 1 aromatic rings. The number of anilines is 1. The fraction of sp³-hybridized carbons (Fsp3) is 0.500. The van der Waals surface area contributed by atoms with Crippen LogP contribution in [-0.4, -0.2) is 47.4 Å². The van der Waals surface area contributed by atoms with Crippen LogP contribution < -0.4 is 9.62 Å². The maximum absolute atomic E-state index is 12.9. The van der Waals surface area contributed by atoms with Crippen molar-refractivity contribution in [1.82, 2.24) is 5.32 Å². The minimum atomic E-state index is -3.54. The molecule has 0 unspecified atom stereocenters. The quantitative estimate of drug-likeness (QED) is 0.688. The molecule has 1 amide bonds. The predicted molar refractivity (Wildman–Crippen MR) is 82.7 cm³/mol. The zero-order chi connectivity index (χ0) is 16.6. The lowest BCUT2D eigenvalue weighted by atomic mass is 10.3. The summed E-state index contributed by atoms with van der Waals surface area (Å²) in [6.07, 6.45) is 1.76. The minimum absolute atomic E-state index is 0.000572. The van der Waals surface area contributed by atoms with E-state index < -0.39 is 15.8 Å². The molecule has 0 aromatic heterocycles. The van der Waals surface area contributed by atoms with E-state index in [0.29, 0.717) is 25.3 Å². The summed E-state index contributed by atoms with van der Waals surface area (Å²) in [5, 5.41) is 2.68. The van der Waals surface area contributed by atoms with Gasteiger partial charge in [0, 0.05) is 33.2 Å². The van der Waals surface area contributed by atoms with E-state index in [1.807, 2.05) is 0 Å². The van der Waals surface area contributed by atoms with Crippen molar-refractivity contribution < 1.29 is 22.3 Å². The van der Waals surface area contributed by atoms with Crippen molar-refractivity contribution in [1.29, 1.82) is 0 Å². The van der Waals surface area contributed by atoms with Crippen LogP contribution in [0.2, 0.25) is 0 Å². The summed E-state index contributed by atoms with van der Waals surface area (Å²) < 4.78 is 42.5. The molecule has 0 atom stereocenters. The summed E-state index contributed by atoms with van der Waals surface area (Å²) in [5.74, 6) is -0.694. The van der Waals surface area contributed by atoms with Crippen LogP contribution in [0.5, 0.6) is 0 Å². The molecule has 8 heteroatoms. The summed E-state index contributed by atoms with van der Waals surface area (Å²) in [6, 6.07) is 5.09. The van der Waals surface area contributed by atoms with E-state index >= 15 is 0 Å². The number of hydrogen-bond donors (Lipinski definition) is 1. The summed E-state index contributed by atoms with van der Waals surface area (Å²) in [5.41, 5.74) is 0.330. The Morgan fingerprint density at radius 3 is 2.50 bits per heavy atom. The number of nitrogens with zero attached hydrogens (tertiary/aromatic N) is 1. The third-order valence-corrected chi connectivity index (χ3v) is 4.10. The molecule has 1 N–H and O–H groups in total. The molecule has 0 aliphatic carbocycles. The van der Waals surface area contributed by atoms with Gasteiger partial charge in [0.05, 0.1) is 11.9 Å². The first-order valence-electron chi connectivity index (χ1n) is 6.83. The number of halogens is 1. The van der Waals surface area contributed by atoms with Gasteiger partial charge in [-0.1, -0.05) is 0 Å². The summed E-state index contributed by atoms with van der Waals surface area (Å²) in [6.45, 7) is 1.02. The first kappa shape index (κ1) is 18.4. The van der Waals surface area contributed by atoms with Gasteiger partial charge in [-0.3, -0.25) is 9.10 Å². The van der Waals surface area contributed by atoms with Crippen molar-refractivity contribution in [2.75, 3.05) is 37.4 Å². The highest BCUT2D eigenvalue weighted by Gasteiger charge is 2.18. The Labute approximate surface area is 130 Å². The van der Waals surface area contributed by atoms with Gasteiger partial charge in [0.2, 0.25) is 15.9 Å². The fourth-order valence-electron chi connectivity index (χ4n) is 1.83. The van der Waals surface area contributed by atoms with Crippen molar-refractivity contribution in [3.05, 3.63) is 30.1 Å². The number of methoxy groups -OCH3 is 1. The van der Waals surface area contributed by atoms with Gasteiger partial charge in [-0.2, -0.15) is 0 Å². The number of benzene rings is 1. The Balaban J connectivity index is 2.60. The number of ether oxygens (including phenoxy) is 1. The molecule has 0 heterocycles. The number of carbonyl (C=O) groups is 1. The highest BCUT2D eigenvalue weighted by molar-refractivity contribution is 7.92. The molecule has 6 nitrogen and oxygen atoms in total. The molecular formula is C14H21FN2O4S. The maximum Gasteiger partial charge on any atom is 0.232 e. The van der Waals surface area contributed by atoms with Gasteiger partial charge < -0.3 is 10.1 Å². The van der Waals surface area contributed by atoms with Crippen LogP contribution in [-0.2, 0) is 19.6 Å². The highest BCUT2D eigenvalue weighted by atomic mass is 32.2. The predicted octanol–water partition coefficient (Wildman–Crippen LogP) is 1.13. The van der Waals surface area contributed by atoms with Gasteiger partial charge in [0.25, 0.3) is 0 Å². The smallest absolute Gasteiger partial charge is 0.232 e. The van der Waals surface area contributed by atoms with E-state index in [9.17, 15) is 17.6 Å².